The maximum atomic E-state index is 13.9. The van der Waals surface area contributed by atoms with Crippen LogP contribution in [-0.2, 0) is 9.84 Å². The lowest BCUT2D eigenvalue weighted by atomic mass is 9.82. The molecule has 1 aromatic carbocycles. The minimum Gasteiger partial charge on any atom is -0.381 e. The molecule has 6 heteroatoms. The first-order valence-electron chi connectivity index (χ1n) is 6.83. The second-order valence-electron chi connectivity index (χ2n) is 5.69. The van der Waals surface area contributed by atoms with Crippen LogP contribution in [0.15, 0.2) is 23.1 Å². The van der Waals surface area contributed by atoms with Gasteiger partial charge in [-0.1, -0.05) is 19.3 Å². The molecule has 20 heavy (non-hydrogen) atoms. The Hall–Kier alpha value is -1.14. The summed E-state index contributed by atoms with van der Waals surface area (Å²) < 4.78 is 36.6. The summed E-state index contributed by atoms with van der Waals surface area (Å²) in [5.41, 5.74) is 6.28. The Morgan fingerprint density at radius 2 is 1.95 bits per heavy atom. The molecule has 0 atom stereocenters. The summed E-state index contributed by atoms with van der Waals surface area (Å²) >= 11 is 0. The smallest absolute Gasteiger partial charge is 0.175 e. The molecule has 0 saturated heterocycles. The van der Waals surface area contributed by atoms with Gasteiger partial charge in [0.15, 0.2) is 9.84 Å². The van der Waals surface area contributed by atoms with Gasteiger partial charge in [-0.05, 0) is 31.0 Å². The van der Waals surface area contributed by atoms with Gasteiger partial charge in [-0.2, -0.15) is 0 Å². The first-order chi connectivity index (χ1) is 9.30. The van der Waals surface area contributed by atoms with Crippen LogP contribution >= 0.6 is 0 Å². The molecule has 2 rings (SSSR count). The lowest BCUT2D eigenvalue weighted by molar-refractivity contribution is 0.311. The van der Waals surface area contributed by atoms with E-state index in [9.17, 15) is 12.8 Å². The van der Waals surface area contributed by atoms with Crippen molar-refractivity contribution in [3.8, 4) is 0 Å². The van der Waals surface area contributed by atoms with Crippen LogP contribution in [0.2, 0.25) is 0 Å². The van der Waals surface area contributed by atoms with Crippen molar-refractivity contribution in [1.29, 1.82) is 0 Å². The molecule has 1 aliphatic carbocycles. The molecule has 1 aromatic rings. The second-order valence-corrected chi connectivity index (χ2v) is 7.71. The summed E-state index contributed by atoms with van der Waals surface area (Å²) in [6.07, 6.45) is 6.34. The highest BCUT2D eigenvalue weighted by molar-refractivity contribution is 7.90. The Bertz CT molecular complexity index is 581. The molecular formula is C14H21FN2O2S. The highest BCUT2D eigenvalue weighted by Gasteiger charge is 2.27. The summed E-state index contributed by atoms with van der Waals surface area (Å²) in [7, 11) is -3.38. The molecule has 0 spiro atoms. The molecule has 1 fully saturated rings. The standard InChI is InChI=1S/C14H21FN2O2S/c1-20(18,19)11-5-6-13(12(15)9-11)17-10-14(16)7-3-2-4-8-14/h5-6,9,17H,2-4,7-8,10,16H2,1H3. The van der Waals surface area contributed by atoms with Crippen molar-refractivity contribution in [3.63, 3.8) is 0 Å². The zero-order valence-electron chi connectivity index (χ0n) is 11.7. The van der Waals surface area contributed by atoms with Crippen molar-refractivity contribution in [2.24, 2.45) is 5.73 Å². The number of nitrogens with one attached hydrogen (secondary N) is 1. The van der Waals surface area contributed by atoms with E-state index >= 15 is 0 Å². The third-order valence-corrected chi connectivity index (χ3v) is 4.96. The molecule has 0 amide bonds. The predicted molar refractivity (Wildman–Crippen MR) is 78.0 cm³/mol. The Labute approximate surface area is 119 Å². The van der Waals surface area contributed by atoms with E-state index in [0.29, 0.717) is 12.2 Å². The van der Waals surface area contributed by atoms with Gasteiger partial charge in [-0.25, -0.2) is 12.8 Å². The van der Waals surface area contributed by atoms with Crippen molar-refractivity contribution in [1.82, 2.24) is 0 Å². The third-order valence-electron chi connectivity index (χ3n) is 3.85. The highest BCUT2D eigenvalue weighted by atomic mass is 32.2. The average molecular weight is 300 g/mol. The monoisotopic (exact) mass is 300 g/mol. The van der Waals surface area contributed by atoms with Crippen molar-refractivity contribution >= 4 is 15.5 Å². The zero-order chi connectivity index (χ0) is 14.8. The van der Waals surface area contributed by atoms with Crippen LogP contribution in [0.1, 0.15) is 32.1 Å². The van der Waals surface area contributed by atoms with E-state index in [4.69, 9.17) is 5.73 Å². The van der Waals surface area contributed by atoms with E-state index in [2.05, 4.69) is 5.32 Å². The number of benzene rings is 1. The first kappa shape index (κ1) is 15.3. The highest BCUT2D eigenvalue weighted by Crippen LogP contribution is 2.27. The van der Waals surface area contributed by atoms with Gasteiger partial charge >= 0.3 is 0 Å². The minimum absolute atomic E-state index is 0.0133. The fourth-order valence-electron chi connectivity index (χ4n) is 2.57. The van der Waals surface area contributed by atoms with E-state index in [-0.39, 0.29) is 10.4 Å². The molecular weight excluding hydrogens is 279 g/mol. The largest absolute Gasteiger partial charge is 0.381 e. The van der Waals surface area contributed by atoms with Crippen LogP contribution in [0, 0.1) is 5.82 Å². The lowest BCUT2D eigenvalue weighted by Crippen LogP contribution is -2.47. The Morgan fingerprint density at radius 3 is 2.50 bits per heavy atom. The molecule has 4 nitrogen and oxygen atoms in total. The fraction of sp³-hybridized carbons (Fsp3) is 0.571. The number of halogens is 1. The van der Waals surface area contributed by atoms with Gasteiger partial charge < -0.3 is 11.1 Å². The SMILES string of the molecule is CS(=O)(=O)c1ccc(NCC2(N)CCCCC2)c(F)c1. The molecule has 0 radical (unpaired) electrons. The Kier molecular flexibility index (Phi) is 4.34. The summed E-state index contributed by atoms with van der Waals surface area (Å²) in [4.78, 5) is -0.0133. The van der Waals surface area contributed by atoms with Gasteiger partial charge in [-0.3, -0.25) is 0 Å². The Morgan fingerprint density at radius 1 is 1.30 bits per heavy atom. The number of sulfone groups is 1. The van der Waals surface area contributed by atoms with Gasteiger partial charge in [0, 0.05) is 18.3 Å². The van der Waals surface area contributed by atoms with Crippen LogP contribution < -0.4 is 11.1 Å². The number of hydrogen-bond acceptors (Lipinski definition) is 4. The molecule has 1 aliphatic rings. The summed E-state index contributed by atoms with van der Waals surface area (Å²) in [5, 5.41) is 3.01. The molecule has 3 N–H and O–H groups in total. The summed E-state index contributed by atoms with van der Waals surface area (Å²) in [5.74, 6) is -0.563. The van der Waals surface area contributed by atoms with Crippen LogP contribution in [-0.4, -0.2) is 26.8 Å². The molecule has 0 bridgehead atoms. The van der Waals surface area contributed by atoms with E-state index in [1.54, 1.807) is 0 Å². The minimum atomic E-state index is -3.38. The molecule has 0 unspecified atom stereocenters. The topological polar surface area (TPSA) is 72.2 Å². The molecule has 1 saturated carbocycles. The van der Waals surface area contributed by atoms with Crippen LogP contribution in [0.5, 0.6) is 0 Å². The summed E-state index contributed by atoms with van der Waals surface area (Å²) in [6, 6.07) is 3.91. The predicted octanol–water partition coefficient (Wildman–Crippen LogP) is 2.30. The molecule has 0 aliphatic heterocycles. The molecule has 0 aromatic heterocycles. The maximum Gasteiger partial charge on any atom is 0.175 e. The van der Waals surface area contributed by atoms with Crippen LogP contribution in [0.25, 0.3) is 0 Å². The van der Waals surface area contributed by atoms with Gasteiger partial charge in [-0.15, -0.1) is 0 Å². The van der Waals surface area contributed by atoms with Gasteiger partial charge in [0.2, 0.25) is 0 Å². The van der Waals surface area contributed by atoms with Crippen molar-refractivity contribution < 1.29 is 12.8 Å². The van der Waals surface area contributed by atoms with Crippen LogP contribution in [0.4, 0.5) is 10.1 Å². The number of anilines is 1. The summed E-state index contributed by atoms with van der Waals surface area (Å²) in [6.45, 7) is 0.502. The third kappa shape index (κ3) is 3.70. The van der Waals surface area contributed by atoms with Gasteiger partial charge in [0.25, 0.3) is 0 Å². The van der Waals surface area contributed by atoms with E-state index in [1.165, 1.54) is 18.6 Å². The zero-order valence-corrected chi connectivity index (χ0v) is 12.5. The first-order valence-corrected chi connectivity index (χ1v) is 8.72. The van der Waals surface area contributed by atoms with E-state index in [0.717, 1.165) is 38.0 Å². The number of nitrogens with two attached hydrogens (primary N) is 1. The number of hydrogen-bond donors (Lipinski definition) is 2. The van der Waals surface area contributed by atoms with E-state index in [1.807, 2.05) is 0 Å². The maximum absolute atomic E-state index is 13.9. The van der Waals surface area contributed by atoms with Gasteiger partial charge in [0.1, 0.15) is 5.82 Å². The van der Waals surface area contributed by atoms with Crippen molar-refractivity contribution in [2.75, 3.05) is 18.1 Å². The molecule has 112 valence electrons. The Balaban J connectivity index is 2.07. The quantitative estimate of drug-likeness (QED) is 0.895. The fourth-order valence-corrected chi connectivity index (χ4v) is 3.21. The van der Waals surface area contributed by atoms with E-state index < -0.39 is 15.7 Å². The number of rotatable bonds is 4. The van der Waals surface area contributed by atoms with Crippen molar-refractivity contribution in [3.05, 3.63) is 24.0 Å². The average Bonchev–Trinajstić information content (AvgIpc) is 2.37. The molecule has 0 heterocycles. The van der Waals surface area contributed by atoms with Crippen molar-refractivity contribution in [2.45, 2.75) is 42.5 Å². The normalized spacial score (nSPS) is 18.8. The van der Waals surface area contributed by atoms with Gasteiger partial charge in [0.05, 0.1) is 10.6 Å². The second kappa shape index (κ2) is 5.69. The van der Waals surface area contributed by atoms with Crippen LogP contribution in [0.3, 0.4) is 0 Å². The lowest BCUT2D eigenvalue weighted by Gasteiger charge is -2.33.